The average molecular weight is 697 g/mol. The van der Waals surface area contributed by atoms with Crippen molar-refractivity contribution in [1.29, 1.82) is 0 Å². The van der Waals surface area contributed by atoms with E-state index in [-0.39, 0.29) is 12.3 Å². The van der Waals surface area contributed by atoms with Crippen molar-refractivity contribution in [2.75, 3.05) is 9.71 Å². The number of furan rings is 2. The second-order valence-electron chi connectivity index (χ2n) is 15.9. The molecule has 0 saturated heterocycles. The highest BCUT2D eigenvalue weighted by Gasteiger charge is 2.50. The van der Waals surface area contributed by atoms with E-state index >= 15 is 0 Å². The van der Waals surface area contributed by atoms with Gasteiger partial charge in [-0.05, 0) is 89.0 Å². The first-order valence-electron chi connectivity index (χ1n) is 19.4. The Labute approximate surface area is 314 Å². The second kappa shape index (κ2) is 10.7. The molecule has 5 heteroatoms. The Morgan fingerprint density at radius 2 is 1.31 bits per heavy atom. The summed E-state index contributed by atoms with van der Waals surface area (Å²) in [5, 5.41) is 4.51. The fraction of sp³-hybridized carbons (Fsp3) is 0.143. The molecule has 5 heterocycles. The minimum Gasteiger partial charge on any atom is -0.456 e. The van der Waals surface area contributed by atoms with E-state index in [1.807, 2.05) is 0 Å². The zero-order valence-corrected chi connectivity index (χ0v) is 30.6. The van der Waals surface area contributed by atoms with Gasteiger partial charge in [-0.1, -0.05) is 112 Å². The summed E-state index contributed by atoms with van der Waals surface area (Å²) in [6.07, 6.45) is 3.46. The van der Waals surface area contributed by atoms with Crippen LogP contribution < -0.4 is 20.6 Å². The number of hydrogen-bond acceptors (Lipinski definition) is 4. The molecule has 3 aliphatic rings. The monoisotopic (exact) mass is 696 g/mol. The van der Waals surface area contributed by atoms with Crippen molar-refractivity contribution in [3.05, 3.63) is 150 Å². The Morgan fingerprint density at radius 3 is 2.13 bits per heavy atom. The molecule has 2 aromatic heterocycles. The normalized spacial score (nSPS) is 14.8. The molecule has 0 spiro atoms. The van der Waals surface area contributed by atoms with Crippen molar-refractivity contribution in [3.8, 4) is 11.1 Å². The number of nitrogens with zero attached hydrogens (tertiary/aromatic N) is 2. The Hall–Kier alpha value is -6.20. The van der Waals surface area contributed by atoms with E-state index in [9.17, 15) is 0 Å². The molecular weight excluding hydrogens is 659 g/mol. The summed E-state index contributed by atoms with van der Waals surface area (Å²) in [6, 6.07) is 49.3. The molecule has 7 aromatic carbocycles. The van der Waals surface area contributed by atoms with Crippen LogP contribution in [-0.4, -0.2) is 6.85 Å². The van der Waals surface area contributed by atoms with E-state index in [4.69, 9.17) is 8.83 Å². The van der Waals surface area contributed by atoms with Crippen molar-refractivity contribution in [1.82, 2.24) is 0 Å². The van der Waals surface area contributed by atoms with Crippen LogP contribution in [0.15, 0.2) is 142 Å². The van der Waals surface area contributed by atoms with E-state index in [0.717, 1.165) is 67.1 Å². The molecule has 0 atom stereocenters. The lowest BCUT2D eigenvalue weighted by atomic mass is 9.42. The lowest BCUT2D eigenvalue weighted by Crippen LogP contribution is -2.62. The predicted molar refractivity (Wildman–Crippen MR) is 225 cm³/mol. The van der Waals surface area contributed by atoms with Crippen molar-refractivity contribution in [3.63, 3.8) is 0 Å². The number of para-hydroxylation sites is 4. The molecule has 4 nitrogen and oxygen atoms in total. The van der Waals surface area contributed by atoms with Crippen LogP contribution in [0.4, 0.5) is 28.4 Å². The molecule has 0 amide bonds. The van der Waals surface area contributed by atoms with Crippen LogP contribution in [-0.2, 0) is 11.8 Å². The summed E-state index contributed by atoms with van der Waals surface area (Å²) in [7, 11) is 0. The van der Waals surface area contributed by atoms with Crippen LogP contribution in [0.1, 0.15) is 50.3 Å². The summed E-state index contributed by atoms with van der Waals surface area (Å²) >= 11 is 0. The van der Waals surface area contributed by atoms with Crippen molar-refractivity contribution in [2.45, 2.75) is 45.4 Å². The fourth-order valence-corrected chi connectivity index (χ4v) is 10.1. The van der Waals surface area contributed by atoms with Crippen molar-refractivity contribution in [2.24, 2.45) is 0 Å². The topological polar surface area (TPSA) is 32.8 Å². The smallest absolute Gasteiger partial charge is 0.333 e. The molecule has 0 radical (unpaired) electrons. The molecule has 0 N–H and O–H groups in total. The Kier molecular flexibility index (Phi) is 6.00. The summed E-state index contributed by atoms with van der Waals surface area (Å²) < 4.78 is 13.6. The number of fused-ring (bicyclic) bond motifs is 13. The molecule has 12 rings (SSSR count). The van der Waals surface area contributed by atoms with Crippen LogP contribution in [0.3, 0.4) is 0 Å². The van der Waals surface area contributed by atoms with Gasteiger partial charge in [0.2, 0.25) is 0 Å². The van der Waals surface area contributed by atoms with Gasteiger partial charge in [0.25, 0.3) is 0 Å². The van der Waals surface area contributed by atoms with Gasteiger partial charge in [0.1, 0.15) is 22.3 Å². The first kappa shape index (κ1) is 30.3. The van der Waals surface area contributed by atoms with E-state index in [1.54, 1.807) is 0 Å². The third-order valence-electron chi connectivity index (χ3n) is 12.6. The molecule has 3 aliphatic heterocycles. The molecule has 0 aliphatic carbocycles. The van der Waals surface area contributed by atoms with E-state index in [0.29, 0.717) is 0 Å². The largest absolute Gasteiger partial charge is 0.456 e. The maximum Gasteiger partial charge on any atom is 0.333 e. The third-order valence-corrected chi connectivity index (χ3v) is 12.6. The highest BCUT2D eigenvalue weighted by Crippen LogP contribution is 2.56. The molecule has 0 saturated carbocycles. The van der Waals surface area contributed by atoms with Gasteiger partial charge < -0.3 is 18.5 Å². The van der Waals surface area contributed by atoms with E-state index in [2.05, 4.69) is 164 Å². The zero-order valence-electron chi connectivity index (χ0n) is 30.6. The molecule has 258 valence electrons. The van der Waals surface area contributed by atoms with Crippen LogP contribution in [0.2, 0.25) is 0 Å². The van der Waals surface area contributed by atoms with Crippen molar-refractivity contribution >= 4 is 90.1 Å². The number of anilines is 5. The van der Waals surface area contributed by atoms with E-state index < -0.39 is 0 Å². The Balaban J connectivity index is 1.26. The van der Waals surface area contributed by atoms with Crippen LogP contribution in [0.25, 0.3) is 55.0 Å². The van der Waals surface area contributed by atoms with Gasteiger partial charge in [-0.25, -0.2) is 0 Å². The maximum atomic E-state index is 6.97. The Morgan fingerprint density at radius 1 is 0.611 bits per heavy atom. The van der Waals surface area contributed by atoms with Gasteiger partial charge in [0, 0.05) is 60.8 Å². The number of hydrogen-bond donors (Lipinski definition) is 0. The first-order chi connectivity index (χ1) is 26.5. The highest BCUT2D eigenvalue weighted by atomic mass is 16.3. The quantitative estimate of drug-likeness (QED) is 0.172. The van der Waals surface area contributed by atoms with Crippen LogP contribution in [0, 0.1) is 0 Å². The Bertz CT molecular complexity index is 3040. The first-order valence-corrected chi connectivity index (χ1v) is 19.4. The number of unbranched alkanes of at least 4 members (excludes halogenated alkanes) is 1. The van der Waals surface area contributed by atoms with Crippen molar-refractivity contribution < 1.29 is 8.83 Å². The van der Waals surface area contributed by atoms with Gasteiger partial charge in [-0.3, -0.25) is 0 Å². The van der Waals surface area contributed by atoms with Gasteiger partial charge in [0.15, 0.2) is 0 Å². The second-order valence-corrected chi connectivity index (χ2v) is 15.9. The number of benzene rings is 7. The molecular formula is C49H37BN2O2. The molecule has 0 fully saturated rings. The van der Waals surface area contributed by atoms with Crippen LogP contribution in [0.5, 0.6) is 0 Å². The lowest BCUT2D eigenvalue weighted by Gasteiger charge is -2.50. The van der Waals surface area contributed by atoms with Crippen LogP contribution >= 0.6 is 0 Å². The number of aryl methyl sites for hydroxylation is 1. The average Bonchev–Trinajstić information content (AvgIpc) is 3.76. The fourth-order valence-electron chi connectivity index (χ4n) is 10.1. The third kappa shape index (κ3) is 3.84. The predicted octanol–water partition coefficient (Wildman–Crippen LogP) is 12.2. The summed E-state index contributed by atoms with van der Waals surface area (Å²) in [5.41, 5.74) is 18.4. The SMILES string of the molecule is CCCCc1ccc(N2B3c4cccc5c4N(c4ccccc4C5(C)C)c4cc5c(oc6ccccc65)c(c43)-c3cc4oc5ccccc5c4cc32)cc1. The minimum absolute atomic E-state index is 0.107. The zero-order chi connectivity index (χ0) is 35.9. The highest BCUT2D eigenvalue weighted by molar-refractivity contribution is 6.94. The number of rotatable bonds is 4. The summed E-state index contributed by atoms with van der Waals surface area (Å²) in [4.78, 5) is 5.18. The molecule has 9 aromatic rings. The lowest BCUT2D eigenvalue weighted by molar-refractivity contribution is 0.632. The van der Waals surface area contributed by atoms with Gasteiger partial charge in [0.05, 0.1) is 5.69 Å². The maximum absolute atomic E-state index is 6.97. The van der Waals surface area contributed by atoms with E-state index in [1.165, 1.54) is 63.2 Å². The minimum atomic E-state index is -0.189. The molecule has 0 bridgehead atoms. The van der Waals surface area contributed by atoms with Gasteiger partial charge in [-0.2, -0.15) is 0 Å². The van der Waals surface area contributed by atoms with Gasteiger partial charge in [-0.15, -0.1) is 0 Å². The summed E-state index contributed by atoms with van der Waals surface area (Å²) in [5.74, 6) is 0. The van der Waals surface area contributed by atoms with Gasteiger partial charge >= 0.3 is 6.85 Å². The standard InChI is InChI=1S/C49H37BN2O2/c1-4-5-13-29-22-24-30(25-23-29)52-40-26-33-31-14-6-10-20-42(31)53-44(33)28-35(40)45-46-41(27-34-32-15-7-11-21-43(32)54-48(34)45)51-39-19-9-8-16-36(39)49(2,3)37-17-12-18-38(47(37)51)50(46)52/h6-12,14-28H,4-5,13H2,1-3H3. The summed E-state index contributed by atoms with van der Waals surface area (Å²) in [6.45, 7) is 6.93. The molecule has 0 unspecified atom stereocenters. The molecule has 54 heavy (non-hydrogen) atoms.